The van der Waals surface area contributed by atoms with Crippen molar-refractivity contribution < 1.29 is 19.1 Å². The summed E-state index contributed by atoms with van der Waals surface area (Å²) in [5.74, 6) is -0.0304. The third-order valence-corrected chi connectivity index (χ3v) is 6.99. The van der Waals surface area contributed by atoms with Crippen molar-refractivity contribution in [3.05, 3.63) is 34.2 Å². The van der Waals surface area contributed by atoms with Crippen LogP contribution < -0.4 is 11.0 Å². The molecule has 0 radical (unpaired) electrons. The molecule has 1 aromatic carbocycles. The van der Waals surface area contributed by atoms with E-state index >= 15 is 0 Å². The van der Waals surface area contributed by atoms with Gasteiger partial charge in [0, 0.05) is 26.7 Å². The van der Waals surface area contributed by atoms with Gasteiger partial charge in [0.25, 0.3) is 0 Å². The predicted molar refractivity (Wildman–Crippen MR) is 129 cm³/mol. The summed E-state index contributed by atoms with van der Waals surface area (Å²) < 4.78 is 14.6. The van der Waals surface area contributed by atoms with E-state index in [0.29, 0.717) is 37.7 Å². The van der Waals surface area contributed by atoms with Gasteiger partial charge in [-0.2, -0.15) is 0 Å². The molecule has 1 aromatic heterocycles. The third-order valence-electron chi connectivity index (χ3n) is 6.99. The molecule has 34 heavy (non-hydrogen) atoms. The van der Waals surface area contributed by atoms with E-state index < -0.39 is 11.9 Å². The van der Waals surface area contributed by atoms with Crippen LogP contribution >= 0.6 is 0 Å². The van der Waals surface area contributed by atoms with Gasteiger partial charge in [0.1, 0.15) is 6.04 Å². The molecule has 2 saturated heterocycles. The highest BCUT2D eigenvalue weighted by Gasteiger charge is 2.31. The van der Waals surface area contributed by atoms with Gasteiger partial charge >= 0.3 is 5.69 Å². The fourth-order valence-corrected chi connectivity index (χ4v) is 4.87. The van der Waals surface area contributed by atoms with Gasteiger partial charge < -0.3 is 14.4 Å². The minimum absolute atomic E-state index is 0.237. The number of likely N-dealkylation sites (tertiary alicyclic amines) is 1. The molecule has 1 N–H and O–H groups in total. The number of fused-ring (bicyclic) bond motifs is 1. The average Bonchev–Trinajstić information content (AvgIpc) is 3.06. The Labute approximate surface area is 200 Å². The van der Waals surface area contributed by atoms with Crippen molar-refractivity contribution in [2.45, 2.75) is 44.6 Å². The van der Waals surface area contributed by atoms with Crippen molar-refractivity contribution in [3.63, 3.8) is 0 Å². The van der Waals surface area contributed by atoms with E-state index in [1.54, 1.807) is 11.6 Å². The highest BCUT2D eigenvalue weighted by atomic mass is 16.5. The molecule has 2 aliphatic rings. The summed E-state index contributed by atoms with van der Waals surface area (Å²) in [6.45, 7) is 5.04. The predicted octanol–water partition coefficient (Wildman–Crippen LogP) is 1.63. The van der Waals surface area contributed by atoms with E-state index in [-0.39, 0.29) is 18.0 Å². The zero-order valence-electron chi connectivity index (χ0n) is 20.3. The molecule has 2 aromatic rings. The lowest BCUT2D eigenvalue weighted by Crippen LogP contribution is -2.44. The van der Waals surface area contributed by atoms with Gasteiger partial charge in [-0.05, 0) is 75.9 Å². The molecular formula is C25H36N4O5. The highest BCUT2D eigenvalue weighted by molar-refractivity contribution is 6.00. The van der Waals surface area contributed by atoms with Crippen LogP contribution in [0.3, 0.4) is 0 Å². The van der Waals surface area contributed by atoms with Crippen LogP contribution in [0.5, 0.6) is 0 Å². The Kier molecular flexibility index (Phi) is 8.18. The number of piperidine rings is 2. The number of nitrogens with zero attached hydrogens (tertiary/aromatic N) is 3. The molecule has 2 fully saturated rings. The second-order valence-corrected chi connectivity index (χ2v) is 9.54. The minimum Gasteiger partial charge on any atom is -0.379 e. The molecule has 0 unspecified atom stereocenters. The largest absolute Gasteiger partial charge is 0.379 e. The number of hydrogen-bond acceptors (Lipinski definition) is 6. The maximum absolute atomic E-state index is 12.9. The Hall–Kier alpha value is -2.49. The van der Waals surface area contributed by atoms with Crippen LogP contribution in [-0.4, -0.2) is 72.4 Å². The zero-order valence-corrected chi connectivity index (χ0v) is 20.3. The smallest absolute Gasteiger partial charge is 0.329 e. The van der Waals surface area contributed by atoms with E-state index in [1.807, 2.05) is 18.2 Å². The molecule has 3 heterocycles. The quantitative estimate of drug-likeness (QED) is 0.417. The normalized spacial score (nSPS) is 20.2. The molecule has 9 heteroatoms. The first-order chi connectivity index (χ1) is 16.4. The first kappa shape index (κ1) is 24.6. The van der Waals surface area contributed by atoms with E-state index in [9.17, 15) is 14.4 Å². The number of rotatable bonds is 10. The Bertz CT molecular complexity index is 1070. The molecular weight excluding hydrogens is 436 g/mol. The number of ether oxygens (including phenoxy) is 2. The summed E-state index contributed by atoms with van der Waals surface area (Å²) in [6.07, 6.45) is 4.71. The molecule has 9 nitrogen and oxygen atoms in total. The highest BCUT2D eigenvalue weighted by Crippen LogP contribution is 2.24. The number of imidazole rings is 1. The fraction of sp³-hybridized carbons (Fsp3) is 0.640. The second-order valence-electron chi connectivity index (χ2n) is 9.54. The van der Waals surface area contributed by atoms with Crippen LogP contribution in [0.15, 0.2) is 23.0 Å². The van der Waals surface area contributed by atoms with E-state index in [1.165, 1.54) is 17.4 Å². The lowest BCUT2D eigenvalue weighted by molar-refractivity contribution is -0.135. The molecule has 1 atom stereocenters. The van der Waals surface area contributed by atoms with Crippen LogP contribution in [0, 0.1) is 5.92 Å². The van der Waals surface area contributed by atoms with Gasteiger partial charge in [-0.15, -0.1) is 0 Å². The monoisotopic (exact) mass is 472 g/mol. The fourth-order valence-electron chi connectivity index (χ4n) is 4.87. The third kappa shape index (κ3) is 5.76. The maximum Gasteiger partial charge on any atom is 0.329 e. The number of benzene rings is 1. The average molecular weight is 473 g/mol. The molecule has 0 saturated carbocycles. The second kappa shape index (κ2) is 11.3. The Morgan fingerprint density at radius 3 is 2.50 bits per heavy atom. The molecule has 2 amide bonds. The first-order valence-electron chi connectivity index (χ1n) is 12.3. The Balaban J connectivity index is 1.23. The van der Waals surface area contributed by atoms with Crippen LogP contribution in [-0.2, 0) is 32.5 Å². The summed E-state index contributed by atoms with van der Waals surface area (Å²) in [4.78, 5) is 39.0. The van der Waals surface area contributed by atoms with Crippen LogP contribution in [0.25, 0.3) is 11.0 Å². The van der Waals surface area contributed by atoms with Crippen molar-refractivity contribution in [1.82, 2.24) is 19.4 Å². The number of carbonyl (C=O) groups is 2. The van der Waals surface area contributed by atoms with Gasteiger partial charge in [0.2, 0.25) is 11.8 Å². The molecule has 186 valence electrons. The SMILES string of the molecule is CN1CCC(COCCOCCCc2ccc3c(c2)n(C)c(=O)n3[C@H]2CCC(=O)NC2=O)CC1. The van der Waals surface area contributed by atoms with Crippen molar-refractivity contribution in [2.75, 3.05) is 46.6 Å². The topological polar surface area (TPSA) is 94.8 Å². The van der Waals surface area contributed by atoms with Crippen molar-refractivity contribution >= 4 is 22.8 Å². The number of imide groups is 1. The van der Waals surface area contributed by atoms with Crippen molar-refractivity contribution in [2.24, 2.45) is 13.0 Å². The van der Waals surface area contributed by atoms with Gasteiger partial charge in [0.15, 0.2) is 0 Å². The van der Waals surface area contributed by atoms with Gasteiger partial charge in [-0.1, -0.05) is 6.07 Å². The molecule has 0 aliphatic carbocycles. The van der Waals surface area contributed by atoms with Gasteiger partial charge in [-0.3, -0.25) is 24.0 Å². The number of aryl methyl sites for hydroxylation is 2. The van der Waals surface area contributed by atoms with Crippen LogP contribution in [0.2, 0.25) is 0 Å². The standard InChI is InChI=1S/C25H36N4O5/c1-27-11-9-19(10-12-27)17-34-15-14-33-13-3-4-18-5-6-20-22(16-18)28(2)25(32)29(20)21-7-8-23(30)26-24(21)31/h5-6,16,19,21H,3-4,7-15,17H2,1-2H3,(H,26,30,31)/t21-/m0/s1. The summed E-state index contributed by atoms with van der Waals surface area (Å²) in [5.41, 5.74) is 2.37. The van der Waals surface area contributed by atoms with E-state index in [2.05, 4.69) is 17.3 Å². The minimum atomic E-state index is -0.658. The number of amides is 2. The van der Waals surface area contributed by atoms with Crippen molar-refractivity contribution in [3.8, 4) is 0 Å². The number of hydrogen-bond donors (Lipinski definition) is 1. The number of nitrogens with one attached hydrogen (secondary N) is 1. The summed E-state index contributed by atoms with van der Waals surface area (Å²) in [6, 6.07) is 5.24. The van der Waals surface area contributed by atoms with Crippen molar-refractivity contribution in [1.29, 1.82) is 0 Å². The van der Waals surface area contributed by atoms with Crippen LogP contribution in [0.4, 0.5) is 0 Å². The maximum atomic E-state index is 12.9. The lowest BCUT2D eigenvalue weighted by atomic mass is 9.98. The summed E-state index contributed by atoms with van der Waals surface area (Å²) in [5, 5.41) is 2.34. The van der Waals surface area contributed by atoms with E-state index in [4.69, 9.17) is 9.47 Å². The summed E-state index contributed by atoms with van der Waals surface area (Å²) in [7, 11) is 3.88. The van der Waals surface area contributed by atoms with Crippen LogP contribution in [0.1, 0.15) is 43.7 Å². The Morgan fingerprint density at radius 1 is 0.971 bits per heavy atom. The molecule has 4 rings (SSSR count). The first-order valence-corrected chi connectivity index (χ1v) is 12.3. The Morgan fingerprint density at radius 2 is 1.74 bits per heavy atom. The van der Waals surface area contributed by atoms with E-state index in [0.717, 1.165) is 43.6 Å². The molecule has 2 aliphatic heterocycles. The number of carbonyl (C=O) groups excluding carboxylic acids is 2. The lowest BCUT2D eigenvalue weighted by Gasteiger charge is -2.28. The molecule has 0 spiro atoms. The zero-order chi connectivity index (χ0) is 24.1. The number of aromatic nitrogens is 2. The summed E-state index contributed by atoms with van der Waals surface area (Å²) >= 11 is 0. The molecule has 0 bridgehead atoms. The van der Waals surface area contributed by atoms with Gasteiger partial charge in [0.05, 0.1) is 24.2 Å². The van der Waals surface area contributed by atoms with Gasteiger partial charge in [-0.25, -0.2) is 4.79 Å².